The molecule has 2 rings (SSSR count). The molecule has 0 unspecified atom stereocenters. The first-order valence-electron chi connectivity index (χ1n) is 5.30. The van der Waals surface area contributed by atoms with E-state index < -0.39 is 11.4 Å². The third kappa shape index (κ3) is 2.00. The van der Waals surface area contributed by atoms with E-state index in [-0.39, 0.29) is 5.91 Å². The van der Waals surface area contributed by atoms with Crippen LogP contribution >= 0.6 is 11.6 Å². The molecule has 3 amide bonds. The Hall–Kier alpha value is -1.55. The molecule has 0 radical (unpaired) electrons. The van der Waals surface area contributed by atoms with E-state index >= 15 is 0 Å². The molecule has 1 aliphatic rings. The van der Waals surface area contributed by atoms with Gasteiger partial charge in [0.2, 0.25) is 5.91 Å². The maximum absolute atomic E-state index is 12.2. The lowest BCUT2D eigenvalue weighted by molar-refractivity contribution is -0.126. The average molecular weight is 253 g/mol. The Bertz CT molecular complexity index is 485. The number of amides is 3. The minimum absolute atomic E-state index is 0.241. The molecule has 0 saturated carbocycles. The van der Waals surface area contributed by atoms with E-state index in [1.807, 2.05) is 0 Å². The van der Waals surface area contributed by atoms with Crippen LogP contribution in [0.3, 0.4) is 0 Å². The molecule has 1 aromatic rings. The highest BCUT2D eigenvalue weighted by atomic mass is 35.5. The summed E-state index contributed by atoms with van der Waals surface area (Å²) in [7, 11) is 0. The topological polar surface area (TPSA) is 49.4 Å². The number of nitrogens with one attached hydrogen (secondary N) is 1. The Kier molecular flexibility index (Phi) is 2.83. The summed E-state index contributed by atoms with van der Waals surface area (Å²) in [5, 5.41) is 3.07. The maximum atomic E-state index is 12.2. The van der Waals surface area contributed by atoms with Crippen molar-refractivity contribution in [2.75, 3.05) is 11.4 Å². The van der Waals surface area contributed by atoms with Gasteiger partial charge in [-0.1, -0.05) is 23.7 Å². The summed E-state index contributed by atoms with van der Waals surface area (Å²) in [6, 6.07) is 6.37. The minimum atomic E-state index is -0.618. The first-order valence-corrected chi connectivity index (χ1v) is 5.68. The molecule has 1 saturated heterocycles. The van der Waals surface area contributed by atoms with Crippen molar-refractivity contribution in [3.63, 3.8) is 0 Å². The van der Waals surface area contributed by atoms with Gasteiger partial charge in [-0.25, -0.2) is 9.69 Å². The van der Waals surface area contributed by atoms with Crippen LogP contribution in [0.15, 0.2) is 24.3 Å². The summed E-state index contributed by atoms with van der Waals surface area (Å²) in [6.07, 6.45) is 0. The van der Waals surface area contributed by atoms with Crippen molar-refractivity contribution in [2.45, 2.75) is 13.8 Å². The highest BCUT2D eigenvalue weighted by Crippen LogP contribution is 2.31. The lowest BCUT2D eigenvalue weighted by atomic mass is 9.89. The largest absolute Gasteiger partial charge is 0.336 e. The molecule has 5 heteroatoms. The van der Waals surface area contributed by atoms with Crippen LogP contribution in [-0.2, 0) is 4.79 Å². The number of carbonyl (C=O) groups is 2. The SMILES string of the molecule is CC1(C)CNC(=O)N(c2ccccc2Cl)C1=O. The maximum Gasteiger partial charge on any atom is 0.328 e. The van der Waals surface area contributed by atoms with Gasteiger partial charge >= 0.3 is 6.03 Å². The van der Waals surface area contributed by atoms with Gasteiger partial charge in [0.25, 0.3) is 0 Å². The number of carbonyl (C=O) groups excluding carboxylic acids is 2. The molecule has 0 atom stereocenters. The Labute approximate surface area is 105 Å². The van der Waals surface area contributed by atoms with Gasteiger partial charge in [-0.05, 0) is 26.0 Å². The van der Waals surface area contributed by atoms with E-state index in [2.05, 4.69) is 5.32 Å². The third-order valence-corrected chi connectivity index (χ3v) is 3.08. The molecule has 0 spiro atoms. The van der Waals surface area contributed by atoms with Gasteiger partial charge in [-0.3, -0.25) is 4.79 Å². The van der Waals surface area contributed by atoms with Crippen LogP contribution in [0.4, 0.5) is 10.5 Å². The summed E-state index contributed by atoms with van der Waals surface area (Å²) in [5.41, 5.74) is -0.197. The molecule has 0 bridgehead atoms. The Balaban J connectivity index is 2.46. The molecule has 0 aromatic heterocycles. The van der Waals surface area contributed by atoms with E-state index in [0.29, 0.717) is 17.3 Å². The standard InChI is InChI=1S/C12H13ClN2O2/c1-12(2)7-14-11(17)15(10(12)16)9-6-4-3-5-8(9)13/h3-6H,7H2,1-2H3,(H,14,17). The number of para-hydroxylation sites is 1. The Morgan fingerprint density at radius 2 is 1.94 bits per heavy atom. The summed E-state index contributed by atoms with van der Waals surface area (Å²) < 4.78 is 0. The highest BCUT2D eigenvalue weighted by Gasteiger charge is 2.41. The van der Waals surface area contributed by atoms with E-state index in [4.69, 9.17) is 11.6 Å². The quantitative estimate of drug-likeness (QED) is 0.835. The zero-order chi connectivity index (χ0) is 12.6. The number of halogens is 1. The van der Waals surface area contributed by atoms with E-state index in [0.717, 1.165) is 4.90 Å². The smallest absolute Gasteiger partial charge is 0.328 e. The molecule has 1 heterocycles. The van der Waals surface area contributed by atoms with Crippen LogP contribution in [0.2, 0.25) is 5.02 Å². The van der Waals surface area contributed by atoms with Crippen LogP contribution in [0.25, 0.3) is 0 Å². The van der Waals surface area contributed by atoms with Crippen LogP contribution in [0, 0.1) is 5.41 Å². The van der Waals surface area contributed by atoms with Gasteiger partial charge in [-0.15, -0.1) is 0 Å². The molecule has 1 fully saturated rings. The Morgan fingerprint density at radius 1 is 1.29 bits per heavy atom. The number of hydrogen-bond acceptors (Lipinski definition) is 2. The fraction of sp³-hybridized carbons (Fsp3) is 0.333. The molecule has 4 nitrogen and oxygen atoms in total. The van der Waals surface area contributed by atoms with Crippen molar-refractivity contribution in [2.24, 2.45) is 5.41 Å². The number of nitrogens with zero attached hydrogens (tertiary/aromatic N) is 1. The van der Waals surface area contributed by atoms with Crippen molar-refractivity contribution in [1.29, 1.82) is 0 Å². The monoisotopic (exact) mass is 252 g/mol. The molecular formula is C12H13ClN2O2. The van der Waals surface area contributed by atoms with Crippen molar-refractivity contribution in [3.05, 3.63) is 29.3 Å². The van der Waals surface area contributed by atoms with Crippen LogP contribution in [0.5, 0.6) is 0 Å². The molecule has 1 aliphatic heterocycles. The summed E-state index contributed by atoms with van der Waals surface area (Å²) in [5.74, 6) is -0.241. The van der Waals surface area contributed by atoms with E-state index in [1.165, 1.54) is 0 Å². The molecule has 1 aromatic carbocycles. The second-order valence-electron chi connectivity index (χ2n) is 4.63. The number of anilines is 1. The normalized spacial score (nSPS) is 19.1. The molecule has 0 aliphatic carbocycles. The van der Waals surface area contributed by atoms with Gasteiger partial charge < -0.3 is 5.32 Å². The number of hydrogen-bond donors (Lipinski definition) is 1. The summed E-state index contributed by atoms with van der Waals surface area (Å²) >= 11 is 6.01. The predicted octanol–water partition coefficient (Wildman–Crippen LogP) is 2.42. The van der Waals surface area contributed by atoms with Gasteiger partial charge in [-0.2, -0.15) is 0 Å². The third-order valence-electron chi connectivity index (χ3n) is 2.76. The van der Waals surface area contributed by atoms with Gasteiger partial charge in [0.15, 0.2) is 0 Å². The van der Waals surface area contributed by atoms with E-state index in [1.54, 1.807) is 38.1 Å². The first-order chi connectivity index (χ1) is 7.93. The number of benzene rings is 1. The van der Waals surface area contributed by atoms with Gasteiger partial charge in [0.1, 0.15) is 0 Å². The lowest BCUT2D eigenvalue weighted by Gasteiger charge is -2.36. The molecular weight excluding hydrogens is 240 g/mol. The second-order valence-corrected chi connectivity index (χ2v) is 5.04. The van der Waals surface area contributed by atoms with Crippen LogP contribution in [-0.4, -0.2) is 18.5 Å². The lowest BCUT2D eigenvalue weighted by Crippen LogP contribution is -2.59. The zero-order valence-corrected chi connectivity index (χ0v) is 10.4. The summed E-state index contributed by atoms with van der Waals surface area (Å²) in [4.78, 5) is 25.1. The average Bonchev–Trinajstić information content (AvgIpc) is 2.27. The Morgan fingerprint density at radius 3 is 2.59 bits per heavy atom. The van der Waals surface area contributed by atoms with Crippen molar-refractivity contribution in [3.8, 4) is 0 Å². The fourth-order valence-corrected chi connectivity index (χ4v) is 1.92. The van der Waals surface area contributed by atoms with Crippen molar-refractivity contribution in [1.82, 2.24) is 5.32 Å². The molecule has 90 valence electrons. The number of urea groups is 1. The van der Waals surface area contributed by atoms with Crippen LogP contribution in [0.1, 0.15) is 13.8 Å². The van der Waals surface area contributed by atoms with E-state index in [9.17, 15) is 9.59 Å². The zero-order valence-electron chi connectivity index (χ0n) is 9.66. The van der Waals surface area contributed by atoms with Crippen molar-refractivity contribution >= 4 is 29.2 Å². The highest BCUT2D eigenvalue weighted by molar-refractivity contribution is 6.35. The number of imide groups is 1. The second kappa shape index (κ2) is 4.04. The number of rotatable bonds is 1. The predicted molar refractivity (Wildman–Crippen MR) is 66.1 cm³/mol. The minimum Gasteiger partial charge on any atom is -0.336 e. The van der Waals surface area contributed by atoms with Crippen LogP contribution < -0.4 is 10.2 Å². The molecule has 17 heavy (non-hydrogen) atoms. The molecule has 1 N–H and O–H groups in total. The fourth-order valence-electron chi connectivity index (χ4n) is 1.70. The first kappa shape index (κ1) is 11.9. The van der Waals surface area contributed by atoms with Gasteiger partial charge in [0, 0.05) is 6.54 Å². The van der Waals surface area contributed by atoms with Gasteiger partial charge in [0.05, 0.1) is 16.1 Å². The summed E-state index contributed by atoms with van der Waals surface area (Å²) in [6.45, 7) is 3.92. The van der Waals surface area contributed by atoms with Crippen molar-refractivity contribution < 1.29 is 9.59 Å².